The average Bonchev–Trinajstić information content (AvgIpc) is 2.29. The maximum Gasteiger partial charge on any atom is 0.0551 e. The van der Waals surface area contributed by atoms with Gasteiger partial charge in [0.05, 0.1) is 6.04 Å². The molecule has 1 aromatic carbocycles. The minimum atomic E-state index is 0.165. The molecule has 3 N–H and O–H groups in total. The van der Waals surface area contributed by atoms with Crippen molar-refractivity contribution in [3.63, 3.8) is 0 Å². The van der Waals surface area contributed by atoms with E-state index in [1.165, 1.54) is 6.42 Å². The van der Waals surface area contributed by atoms with E-state index in [0.717, 1.165) is 16.3 Å². The summed E-state index contributed by atoms with van der Waals surface area (Å²) in [6, 6.07) is 8.01. The van der Waals surface area contributed by atoms with E-state index >= 15 is 0 Å². The van der Waals surface area contributed by atoms with E-state index in [1.54, 1.807) is 0 Å². The Morgan fingerprint density at radius 3 is 2.81 bits per heavy atom. The van der Waals surface area contributed by atoms with Gasteiger partial charge in [0.15, 0.2) is 0 Å². The van der Waals surface area contributed by atoms with Crippen LogP contribution < -0.4 is 11.3 Å². The van der Waals surface area contributed by atoms with Gasteiger partial charge in [0.25, 0.3) is 0 Å². The van der Waals surface area contributed by atoms with Crippen LogP contribution in [0.5, 0.6) is 0 Å². The lowest BCUT2D eigenvalue weighted by atomic mass is 10.1. The van der Waals surface area contributed by atoms with E-state index in [2.05, 4.69) is 19.3 Å². The fourth-order valence-electron chi connectivity index (χ4n) is 1.34. The molecule has 0 aliphatic rings. The van der Waals surface area contributed by atoms with Gasteiger partial charge in [0.1, 0.15) is 0 Å². The van der Waals surface area contributed by atoms with E-state index in [0.29, 0.717) is 5.25 Å². The number of benzene rings is 1. The molecule has 1 rings (SSSR count). The SMILES string of the molecule is CCC(C)SCC(NN)c1cccc(Cl)c1. The zero-order valence-corrected chi connectivity index (χ0v) is 11.3. The number of halogens is 1. The van der Waals surface area contributed by atoms with Crippen LogP contribution in [-0.2, 0) is 0 Å². The summed E-state index contributed by atoms with van der Waals surface area (Å²) in [6.07, 6.45) is 1.18. The van der Waals surface area contributed by atoms with E-state index in [4.69, 9.17) is 17.4 Å². The number of nitrogens with one attached hydrogen (secondary N) is 1. The minimum absolute atomic E-state index is 0.165. The average molecular weight is 259 g/mol. The Morgan fingerprint density at radius 1 is 1.50 bits per heavy atom. The molecule has 2 nitrogen and oxygen atoms in total. The molecular weight excluding hydrogens is 240 g/mol. The van der Waals surface area contributed by atoms with Gasteiger partial charge in [-0.15, -0.1) is 0 Å². The van der Waals surface area contributed by atoms with Crippen LogP contribution in [0.3, 0.4) is 0 Å². The summed E-state index contributed by atoms with van der Waals surface area (Å²) in [5, 5.41) is 1.42. The van der Waals surface area contributed by atoms with Crippen molar-refractivity contribution in [3.05, 3.63) is 34.9 Å². The number of thioether (sulfide) groups is 1. The number of nitrogens with two attached hydrogens (primary N) is 1. The van der Waals surface area contributed by atoms with Gasteiger partial charge in [-0.25, -0.2) is 0 Å². The van der Waals surface area contributed by atoms with Crippen molar-refractivity contribution < 1.29 is 0 Å². The highest BCUT2D eigenvalue weighted by molar-refractivity contribution is 7.99. The molecule has 2 atom stereocenters. The van der Waals surface area contributed by atoms with Gasteiger partial charge in [-0.3, -0.25) is 11.3 Å². The monoisotopic (exact) mass is 258 g/mol. The van der Waals surface area contributed by atoms with Gasteiger partial charge >= 0.3 is 0 Å². The van der Waals surface area contributed by atoms with E-state index in [9.17, 15) is 0 Å². The van der Waals surface area contributed by atoms with Gasteiger partial charge in [-0.2, -0.15) is 11.8 Å². The predicted molar refractivity (Wildman–Crippen MR) is 73.7 cm³/mol. The molecule has 1 aromatic rings. The van der Waals surface area contributed by atoms with Crippen LogP contribution in [0.2, 0.25) is 5.02 Å². The molecule has 0 spiro atoms. The summed E-state index contributed by atoms with van der Waals surface area (Å²) in [5.41, 5.74) is 3.99. The second-order valence-electron chi connectivity index (χ2n) is 3.83. The van der Waals surface area contributed by atoms with Crippen LogP contribution in [0.4, 0.5) is 0 Å². The molecule has 0 radical (unpaired) electrons. The van der Waals surface area contributed by atoms with Crippen LogP contribution in [0, 0.1) is 0 Å². The fraction of sp³-hybridized carbons (Fsp3) is 0.500. The molecule has 0 saturated heterocycles. The summed E-state index contributed by atoms with van der Waals surface area (Å²) in [4.78, 5) is 0. The molecule has 0 heterocycles. The Kier molecular flexibility index (Phi) is 6.21. The molecule has 0 saturated carbocycles. The predicted octanol–water partition coefficient (Wildman–Crippen LogP) is 3.38. The summed E-state index contributed by atoms with van der Waals surface area (Å²) >= 11 is 7.88. The first-order valence-electron chi connectivity index (χ1n) is 5.50. The lowest BCUT2D eigenvalue weighted by molar-refractivity contribution is 0.609. The Bertz CT molecular complexity index is 320. The lowest BCUT2D eigenvalue weighted by Gasteiger charge is -2.18. The van der Waals surface area contributed by atoms with Crippen molar-refractivity contribution >= 4 is 23.4 Å². The maximum atomic E-state index is 5.96. The molecule has 0 amide bonds. The number of hydrogen-bond acceptors (Lipinski definition) is 3. The van der Waals surface area contributed by atoms with Gasteiger partial charge in [0.2, 0.25) is 0 Å². The van der Waals surface area contributed by atoms with Gasteiger partial charge in [-0.05, 0) is 24.1 Å². The molecule has 0 aliphatic carbocycles. The Labute approximate surface area is 107 Å². The van der Waals surface area contributed by atoms with Crippen LogP contribution in [0.15, 0.2) is 24.3 Å². The van der Waals surface area contributed by atoms with E-state index in [-0.39, 0.29) is 6.04 Å². The Balaban J connectivity index is 2.60. The van der Waals surface area contributed by atoms with Gasteiger partial charge in [0, 0.05) is 16.0 Å². The first kappa shape index (κ1) is 13.8. The largest absolute Gasteiger partial charge is 0.271 e. The first-order chi connectivity index (χ1) is 7.67. The number of hydrazine groups is 1. The molecule has 0 aliphatic heterocycles. The van der Waals surface area contributed by atoms with Crippen molar-refractivity contribution in [1.29, 1.82) is 0 Å². The third-order valence-corrected chi connectivity index (χ3v) is 4.24. The highest BCUT2D eigenvalue weighted by Crippen LogP contribution is 2.23. The standard InChI is InChI=1S/C12H19ClN2S/c1-3-9(2)16-8-12(15-14)10-5-4-6-11(13)7-10/h4-7,9,12,15H,3,8,14H2,1-2H3. The summed E-state index contributed by atoms with van der Waals surface area (Å²) in [7, 11) is 0. The van der Waals surface area contributed by atoms with Gasteiger partial charge in [-0.1, -0.05) is 37.6 Å². The van der Waals surface area contributed by atoms with Crippen LogP contribution in [0.1, 0.15) is 31.9 Å². The first-order valence-corrected chi connectivity index (χ1v) is 6.93. The lowest BCUT2D eigenvalue weighted by Crippen LogP contribution is -2.30. The smallest absolute Gasteiger partial charge is 0.0551 e. The Morgan fingerprint density at radius 2 is 2.25 bits per heavy atom. The van der Waals surface area contributed by atoms with E-state index < -0.39 is 0 Å². The van der Waals surface area contributed by atoms with Crippen LogP contribution >= 0.6 is 23.4 Å². The zero-order chi connectivity index (χ0) is 12.0. The number of rotatable bonds is 6. The maximum absolute atomic E-state index is 5.96. The van der Waals surface area contributed by atoms with Crippen molar-refractivity contribution in [3.8, 4) is 0 Å². The van der Waals surface area contributed by atoms with E-state index in [1.807, 2.05) is 36.0 Å². The number of hydrogen-bond donors (Lipinski definition) is 2. The highest BCUT2D eigenvalue weighted by Gasteiger charge is 2.11. The molecule has 4 heteroatoms. The van der Waals surface area contributed by atoms with Gasteiger partial charge < -0.3 is 0 Å². The third kappa shape index (κ3) is 4.34. The van der Waals surface area contributed by atoms with Crippen LogP contribution in [-0.4, -0.2) is 11.0 Å². The molecule has 90 valence electrons. The molecular formula is C12H19ClN2S. The summed E-state index contributed by atoms with van der Waals surface area (Å²) < 4.78 is 0. The third-order valence-electron chi connectivity index (χ3n) is 2.57. The second-order valence-corrected chi connectivity index (χ2v) is 5.73. The molecule has 0 fully saturated rings. The molecule has 2 unspecified atom stereocenters. The van der Waals surface area contributed by atoms with Crippen molar-refractivity contribution in [1.82, 2.24) is 5.43 Å². The van der Waals surface area contributed by atoms with Crippen LogP contribution in [0.25, 0.3) is 0 Å². The molecule has 16 heavy (non-hydrogen) atoms. The quantitative estimate of drug-likeness (QED) is 0.607. The topological polar surface area (TPSA) is 38.0 Å². The fourth-order valence-corrected chi connectivity index (χ4v) is 2.59. The van der Waals surface area contributed by atoms with Crippen molar-refractivity contribution in [2.24, 2.45) is 5.84 Å². The summed E-state index contributed by atoms with van der Waals surface area (Å²) in [6.45, 7) is 4.43. The molecule has 0 aromatic heterocycles. The Hall–Kier alpha value is -0.220. The van der Waals surface area contributed by atoms with Crippen molar-refractivity contribution in [2.75, 3.05) is 5.75 Å². The second kappa shape index (κ2) is 7.17. The summed E-state index contributed by atoms with van der Waals surface area (Å²) in [5.74, 6) is 6.54. The van der Waals surface area contributed by atoms with Crippen molar-refractivity contribution in [2.45, 2.75) is 31.6 Å². The molecule has 0 bridgehead atoms. The zero-order valence-electron chi connectivity index (χ0n) is 9.74. The minimum Gasteiger partial charge on any atom is -0.271 e. The highest BCUT2D eigenvalue weighted by atomic mass is 35.5. The normalized spacial score (nSPS) is 14.8.